The average Bonchev–Trinajstić information content (AvgIpc) is 3.29. The number of aliphatic hydroxyl groups excluding tert-OH is 1. The first-order valence-electron chi connectivity index (χ1n) is 8.09. The Kier molecular flexibility index (Phi) is 4.47. The van der Waals surface area contributed by atoms with Gasteiger partial charge in [-0.25, -0.2) is 4.98 Å². The van der Waals surface area contributed by atoms with Crippen LogP contribution in [0.2, 0.25) is 0 Å². The van der Waals surface area contributed by atoms with Gasteiger partial charge in [-0.05, 0) is 17.7 Å². The lowest BCUT2D eigenvalue weighted by molar-refractivity contribution is 0.0999. The van der Waals surface area contributed by atoms with Crippen molar-refractivity contribution in [2.45, 2.75) is 13.2 Å². The highest BCUT2D eigenvalue weighted by Gasteiger charge is 2.12. The summed E-state index contributed by atoms with van der Waals surface area (Å²) < 4.78 is 1.87. The number of aliphatic hydroxyl groups is 1. The molecule has 0 bridgehead atoms. The summed E-state index contributed by atoms with van der Waals surface area (Å²) >= 11 is 1.34. The molecular weight excluding hydrogens is 348 g/mol. The smallest absolute Gasteiger partial charge is 0.280 e. The van der Waals surface area contributed by atoms with E-state index in [9.17, 15) is 9.90 Å². The van der Waals surface area contributed by atoms with Crippen LogP contribution >= 0.6 is 11.3 Å². The van der Waals surface area contributed by atoms with Crippen LogP contribution in [0.4, 0.5) is 0 Å². The van der Waals surface area contributed by atoms with Gasteiger partial charge in [-0.1, -0.05) is 30.3 Å². The maximum absolute atomic E-state index is 12.8. The van der Waals surface area contributed by atoms with Gasteiger partial charge in [0.15, 0.2) is 4.80 Å². The Balaban J connectivity index is 1.76. The van der Waals surface area contributed by atoms with Crippen LogP contribution in [0.1, 0.15) is 21.6 Å². The molecule has 4 rings (SSSR count). The number of H-pyrrole nitrogens is 1. The van der Waals surface area contributed by atoms with E-state index in [0.29, 0.717) is 22.6 Å². The van der Waals surface area contributed by atoms with Crippen LogP contribution in [-0.4, -0.2) is 25.5 Å². The van der Waals surface area contributed by atoms with E-state index in [4.69, 9.17) is 0 Å². The molecule has 0 aliphatic carbocycles. The molecule has 1 aromatic carbocycles. The fraction of sp³-hybridized carbons (Fsp3) is 0.105. The molecule has 2 N–H and O–H groups in total. The van der Waals surface area contributed by atoms with Crippen molar-refractivity contribution in [3.8, 4) is 0 Å². The van der Waals surface area contributed by atoms with Crippen molar-refractivity contribution in [1.82, 2.24) is 14.5 Å². The van der Waals surface area contributed by atoms with Gasteiger partial charge in [0, 0.05) is 23.2 Å². The summed E-state index contributed by atoms with van der Waals surface area (Å²) in [6.45, 7) is 0.437. The molecule has 0 unspecified atom stereocenters. The molecule has 1 amide bonds. The number of thiazole rings is 1. The monoisotopic (exact) mass is 364 g/mol. The molecular formula is C19H16N4O2S. The zero-order chi connectivity index (χ0) is 17.9. The summed E-state index contributed by atoms with van der Waals surface area (Å²) in [5.74, 6) is -0.329. The van der Waals surface area contributed by atoms with Crippen LogP contribution in [0.5, 0.6) is 0 Å². The molecule has 0 spiro atoms. The molecule has 7 heteroatoms. The molecule has 0 aliphatic rings. The highest BCUT2D eigenvalue weighted by atomic mass is 32.1. The van der Waals surface area contributed by atoms with Gasteiger partial charge in [0.25, 0.3) is 5.91 Å². The third kappa shape index (κ3) is 3.10. The Bertz CT molecular complexity index is 1130. The minimum Gasteiger partial charge on any atom is -0.390 e. The number of hydrogen-bond acceptors (Lipinski definition) is 4. The Morgan fingerprint density at radius 3 is 2.88 bits per heavy atom. The van der Waals surface area contributed by atoms with Crippen molar-refractivity contribution in [3.63, 3.8) is 0 Å². The number of nitrogens with one attached hydrogen (secondary N) is 1. The number of amides is 1. The second kappa shape index (κ2) is 7.07. The van der Waals surface area contributed by atoms with Gasteiger partial charge in [-0.3, -0.25) is 4.79 Å². The molecule has 0 saturated carbocycles. The molecule has 0 atom stereocenters. The second-order valence-corrected chi connectivity index (χ2v) is 6.59. The number of carbonyl (C=O) groups is 1. The molecule has 0 saturated heterocycles. The maximum atomic E-state index is 12.8. The second-order valence-electron chi connectivity index (χ2n) is 5.75. The third-order valence-electron chi connectivity index (χ3n) is 4.11. The minimum atomic E-state index is -0.329. The number of nitrogens with zero attached hydrogens (tertiary/aromatic N) is 3. The third-order valence-corrected chi connectivity index (χ3v) is 5.02. The summed E-state index contributed by atoms with van der Waals surface area (Å²) in [4.78, 5) is 24.8. The molecule has 0 radical (unpaired) electrons. The largest absolute Gasteiger partial charge is 0.390 e. The van der Waals surface area contributed by atoms with Gasteiger partial charge in [0.2, 0.25) is 0 Å². The first-order chi connectivity index (χ1) is 12.8. The van der Waals surface area contributed by atoms with Crippen molar-refractivity contribution >= 4 is 28.3 Å². The van der Waals surface area contributed by atoms with Crippen LogP contribution in [0.3, 0.4) is 0 Å². The zero-order valence-corrected chi connectivity index (χ0v) is 14.6. The predicted molar refractivity (Wildman–Crippen MR) is 99.8 cm³/mol. The van der Waals surface area contributed by atoms with E-state index in [1.807, 2.05) is 46.3 Å². The summed E-state index contributed by atoms with van der Waals surface area (Å²) in [6.07, 6.45) is 3.34. The van der Waals surface area contributed by atoms with Crippen LogP contribution in [-0.2, 0) is 13.2 Å². The Hall–Kier alpha value is -3.03. The summed E-state index contributed by atoms with van der Waals surface area (Å²) in [5, 5.41) is 12.2. The molecule has 130 valence electrons. The summed E-state index contributed by atoms with van der Waals surface area (Å²) in [6, 6.07) is 13.4. The standard InChI is InChI=1S/C19H16N4O2S/c24-11-14-12-26-19(23(14)10-13-4-2-1-3-5-13)22-18(25)16-7-9-21-17-15(16)6-8-20-17/h1-9,12,24H,10-11H2,(H,20,21). The van der Waals surface area contributed by atoms with Gasteiger partial charge in [0.1, 0.15) is 5.65 Å². The van der Waals surface area contributed by atoms with E-state index in [1.165, 1.54) is 11.3 Å². The highest BCUT2D eigenvalue weighted by molar-refractivity contribution is 7.07. The minimum absolute atomic E-state index is 0.107. The van der Waals surface area contributed by atoms with E-state index in [2.05, 4.69) is 15.0 Å². The van der Waals surface area contributed by atoms with Crippen molar-refractivity contribution in [1.29, 1.82) is 0 Å². The Morgan fingerprint density at radius 1 is 1.23 bits per heavy atom. The number of benzene rings is 1. The van der Waals surface area contributed by atoms with Crippen molar-refractivity contribution in [3.05, 3.63) is 81.9 Å². The van der Waals surface area contributed by atoms with Gasteiger partial charge >= 0.3 is 0 Å². The van der Waals surface area contributed by atoms with E-state index in [1.54, 1.807) is 18.5 Å². The number of pyridine rings is 1. The van der Waals surface area contributed by atoms with Crippen molar-refractivity contribution in [2.24, 2.45) is 4.99 Å². The van der Waals surface area contributed by atoms with E-state index in [0.717, 1.165) is 16.6 Å². The lowest BCUT2D eigenvalue weighted by atomic mass is 10.2. The van der Waals surface area contributed by atoms with Gasteiger partial charge in [-0.15, -0.1) is 11.3 Å². The summed E-state index contributed by atoms with van der Waals surface area (Å²) in [7, 11) is 0. The topological polar surface area (TPSA) is 83.3 Å². The quantitative estimate of drug-likeness (QED) is 0.584. The number of aromatic nitrogens is 3. The van der Waals surface area contributed by atoms with Crippen molar-refractivity contribution in [2.75, 3.05) is 0 Å². The summed E-state index contributed by atoms with van der Waals surface area (Å²) in [5.41, 5.74) is 2.96. The van der Waals surface area contributed by atoms with Crippen LogP contribution < -0.4 is 4.80 Å². The van der Waals surface area contributed by atoms with Crippen LogP contribution in [0.15, 0.2) is 65.2 Å². The number of rotatable bonds is 4. The maximum Gasteiger partial charge on any atom is 0.280 e. The van der Waals surface area contributed by atoms with Gasteiger partial charge < -0.3 is 14.7 Å². The molecule has 0 aliphatic heterocycles. The first kappa shape index (κ1) is 16.4. The van der Waals surface area contributed by atoms with E-state index >= 15 is 0 Å². The number of fused-ring (bicyclic) bond motifs is 1. The predicted octanol–water partition coefficient (Wildman–Crippen LogP) is 2.71. The SMILES string of the molecule is O=C(N=c1scc(CO)n1Cc1ccccc1)c1ccnc2[nH]ccc12. The first-order valence-corrected chi connectivity index (χ1v) is 8.97. The lowest BCUT2D eigenvalue weighted by Crippen LogP contribution is -2.20. The number of aromatic amines is 1. The molecule has 4 aromatic rings. The van der Waals surface area contributed by atoms with Crippen molar-refractivity contribution < 1.29 is 9.90 Å². The van der Waals surface area contributed by atoms with E-state index < -0.39 is 0 Å². The zero-order valence-electron chi connectivity index (χ0n) is 13.8. The van der Waals surface area contributed by atoms with E-state index in [-0.39, 0.29) is 12.5 Å². The molecule has 0 fully saturated rings. The Labute approximate surface area is 153 Å². The Morgan fingerprint density at radius 2 is 2.08 bits per heavy atom. The molecule has 3 aromatic heterocycles. The average molecular weight is 364 g/mol. The number of hydrogen-bond donors (Lipinski definition) is 2. The lowest BCUT2D eigenvalue weighted by Gasteiger charge is -2.07. The number of carbonyl (C=O) groups excluding carboxylic acids is 1. The highest BCUT2D eigenvalue weighted by Crippen LogP contribution is 2.16. The van der Waals surface area contributed by atoms with Crippen LogP contribution in [0, 0.1) is 0 Å². The molecule has 6 nitrogen and oxygen atoms in total. The normalized spacial score (nSPS) is 12.0. The molecule has 3 heterocycles. The fourth-order valence-electron chi connectivity index (χ4n) is 2.81. The molecule has 26 heavy (non-hydrogen) atoms. The van der Waals surface area contributed by atoms with Crippen LogP contribution in [0.25, 0.3) is 11.0 Å². The van der Waals surface area contributed by atoms with Gasteiger partial charge in [0.05, 0.1) is 24.4 Å². The van der Waals surface area contributed by atoms with Gasteiger partial charge in [-0.2, -0.15) is 4.99 Å². The fourth-order valence-corrected chi connectivity index (χ4v) is 3.70.